The van der Waals surface area contributed by atoms with Crippen molar-refractivity contribution in [3.63, 3.8) is 0 Å². The second-order valence-electron chi connectivity index (χ2n) is 6.62. The zero-order chi connectivity index (χ0) is 16.8. The molecule has 0 bridgehead atoms. The molecule has 5 nitrogen and oxygen atoms in total. The minimum absolute atomic E-state index is 0.262. The second kappa shape index (κ2) is 7.83. The van der Waals surface area contributed by atoms with Crippen LogP contribution in [0.3, 0.4) is 0 Å². The summed E-state index contributed by atoms with van der Waals surface area (Å²) in [5.41, 5.74) is 1.42. The zero-order valence-electron chi connectivity index (χ0n) is 14.6. The van der Waals surface area contributed by atoms with Crippen LogP contribution in [0, 0.1) is 0 Å². The number of aliphatic imine (C=N–C) groups is 1. The van der Waals surface area contributed by atoms with E-state index in [9.17, 15) is 0 Å². The minimum Gasteiger partial charge on any atom is -0.355 e. The van der Waals surface area contributed by atoms with Crippen molar-refractivity contribution in [2.45, 2.75) is 44.1 Å². The van der Waals surface area contributed by atoms with Crippen LogP contribution >= 0.6 is 11.3 Å². The van der Waals surface area contributed by atoms with Gasteiger partial charge in [-0.15, -0.1) is 11.3 Å². The largest absolute Gasteiger partial charge is 0.355 e. The summed E-state index contributed by atoms with van der Waals surface area (Å²) in [6, 6.07) is 4.47. The van der Waals surface area contributed by atoms with E-state index in [1.165, 1.54) is 37.0 Å². The molecule has 2 N–H and O–H groups in total. The van der Waals surface area contributed by atoms with Crippen molar-refractivity contribution in [1.29, 1.82) is 0 Å². The van der Waals surface area contributed by atoms with Gasteiger partial charge >= 0.3 is 0 Å². The third-order valence-corrected chi connectivity index (χ3v) is 6.01. The smallest absolute Gasteiger partial charge is 0.191 e. The molecule has 0 amide bonds. The maximum atomic E-state index is 4.38. The monoisotopic (exact) mass is 345 g/mol. The lowest BCUT2D eigenvalue weighted by molar-refractivity contribution is 0.296. The first-order chi connectivity index (χ1) is 11.7. The first-order valence-electron chi connectivity index (χ1n) is 8.68. The van der Waals surface area contributed by atoms with Gasteiger partial charge in [0.2, 0.25) is 0 Å². The standard InChI is InChI=1S/C18H27N5S/c1-19-17(20-11-15-12-22-23(2)13-15)21-14-18(8-4-3-5-9-18)16-7-6-10-24-16/h6-7,10,12-13H,3-5,8-9,11,14H2,1-2H3,(H2,19,20,21). The SMILES string of the molecule is CN=C(NCc1cnn(C)c1)NCC1(c2cccs2)CCCCC1. The molecule has 2 heterocycles. The quantitative estimate of drug-likeness (QED) is 0.647. The summed E-state index contributed by atoms with van der Waals surface area (Å²) < 4.78 is 1.82. The number of thiophene rings is 1. The van der Waals surface area contributed by atoms with Crippen LogP contribution in [0.2, 0.25) is 0 Å². The zero-order valence-corrected chi connectivity index (χ0v) is 15.4. The van der Waals surface area contributed by atoms with E-state index in [4.69, 9.17) is 0 Å². The van der Waals surface area contributed by atoms with Crippen molar-refractivity contribution in [3.8, 4) is 0 Å². The lowest BCUT2D eigenvalue weighted by Gasteiger charge is -2.37. The van der Waals surface area contributed by atoms with Crippen LogP contribution in [0.5, 0.6) is 0 Å². The van der Waals surface area contributed by atoms with E-state index in [-0.39, 0.29) is 5.41 Å². The minimum atomic E-state index is 0.262. The number of rotatable bonds is 5. The third kappa shape index (κ3) is 3.98. The van der Waals surface area contributed by atoms with Crippen LogP contribution in [0.4, 0.5) is 0 Å². The molecule has 2 aromatic rings. The fraction of sp³-hybridized carbons (Fsp3) is 0.556. The van der Waals surface area contributed by atoms with Crippen molar-refractivity contribution in [2.24, 2.45) is 12.0 Å². The van der Waals surface area contributed by atoms with E-state index in [0.717, 1.165) is 24.6 Å². The van der Waals surface area contributed by atoms with Crippen LogP contribution in [0.15, 0.2) is 34.9 Å². The summed E-state index contributed by atoms with van der Waals surface area (Å²) in [7, 11) is 3.77. The average Bonchev–Trinajstić information content (AvgIpc) is 3.28. The second-order valence-corrected chi connectivity index (χ2v) is 7.57. The van der Waals surface area contributed by atoms with Gasteiger partial charge in [0.1, 0.15) is 0 Å². The highest BCUT2D eigenvalue weighted by Crippen LogP contribution is 2.41. The highest BCUT2D eigenvalue weighted by Gasteiger charge is 2.34. The summed E-state index contributed by atoms with van der Waals surface area (Å²) in [5, 5.41) is 13.4. The van der Waals surface area contributed by atoms with Gasteiger partial charge in [0.15, 0.2) is 5.96 Å². The van der Waals surface area contributed by atoms with Crippen LogP contribution in [-0.2, 0) is 19.0 Å². The van der Waals surface area contributed by atoms with E-state index >= 15 is 0 Å². The summed E-state index contributed by atoms with van der Waals surface area (Å²) in [6.45, 7) is 1.68. The van der Waals surface area contributed by atoms with E-state index < -0.39 is 0 Å². The Morgan fingerprint density at radius 2 is 2.17 bits per heavy atom. The Kier molecular flexibility index (Phi) is 5.56. The van der Waals surface area contributed by atoms with Crippen molar-refractivity contribution in [1.82, 2.24) is 20.4 Å². The van der Waals surface area contributed by atoms with Gasteiger partial charge in [-0.1, -0.05) is 25.3 Å². The molecule has 6 heteroatoms. The van der Waals surface area contributed by atoms with Crippen molar-refractivity contribution < 1.29 is 0 Å². The molecule has 0 unspecified atom stereocenters. The van der Waals surface area contributed by atoms with Crippen LogP contribution in [-0.4, -0.2) is 29.3 Å². The highest BCUT2D eigenvalue weighted by atomic mass is 32.1. The average molecular weight is 346 g/mol. The van der Waals surface area contributed by atoms with Crippen molar-refractivity contribution in [2.75, 3.05) is 13.6 Å². The van der Waals surface area contributed by atoms with Gasteiger partial charge in [0.05, 0.1) is 6.20 Å². The number of hydrogen-bond acceptors (Lipinski definition) is 3. The summed E-state index contributed by atoms with van der Waals surface area (Å²) in [4.78, 5) is 5.89. The van der Waals surface area contributed by atoms with Gasteiger partial charge in [-0.05, 0) is 24.3 Å². The lowest BCUT2D eigenvalue weighted by Crippen LogP contribution is -2.46. The fourth-order valence-corrected chi connectivity index (χ4v) is 4.53. The molecular formula is C18H27N5S. The van der Waals surface area contributed by atoms with Gasteiger partial charge in [-0.25, -0.2) is 0 Å². The molecule has 0 aromatic carbocycles. The maximum Gasteiger partial charge on any atom is 0.191 e. The van der Waals surface area contributed by atoms with E-state index in [1.807, 2.05) is 42.5 Å². The van der Waals surface area contributed by atoms with Gasteiger partial charge in [0.25, 0.3) is 0 Å². The van der Waals surface area contributed by atoms with Crippen LogP contribution < -0.4 is 10.6 Å². The molecule has 3 rings (SSSR count). The van der Waals surface area contributed by atoms with E-state index in [2.05, 4.69) is 38.2 Å². The fourth-order valence-electron chi connectivity index (χ4n) is 3.54. The molecule has 0 saturated heterocycles. The highest BCUT2D eigenvalue weighted by molar-refractivity contribution is 7.10. The predicted octanol–water partition coefficient (Wildman–Crippen LogP) is 3.05. The number of nitrogens with zero attached hydrogens (tertiary/aromatic N) is 3. The summed E-state index contributed by atoms with van der Waals surface area (Å²) in [5.74, 6) is 0.861. The molecule has 1 aliphatic carbocycles. The molecule has 130 valence electrons. The van der Waals surface area contributed by atoms with Crippen molar-refractivity contribution in [3.05, 3.63) is 40.3 Å². The molecule has 0 aliphatic heterocycles. The number of hydrogen-bond donors (Lipinski definition) is 2. The number of guanidine groups is 1. The first kappa shape index (κ1) is 17.0. The molecular weight excluding hydrogens is 318 g/mol. The first-order valence-corrected chi connectivity index (χ1v) is 9.56. The third-order valence-electron chi connectivity index (χ3n) is 4.89. The molecule has 24 heavy (non-hydrogen) atoms. The van der Waals surface area contributed by atoms with Crippen LogP contribution in [0.1, 0.15) is 42.5 Å². The molecule has 1 saturated carbocycles. The maximum absolute atomic E-state index is 4.38. The molecule has 0 radical (unpaired) electrons. The molecule has 0 atom stereocenters. The Balaban J connectivity index is 1.60. The molecule has 2 aromatic heterocycles. The predicted molar refractivity (Wildman–Crippen MR) is 100 cm³/mol. The Morgan fingerprint density at radius 3 is 2.79 bits per heavy atom. The Bertz CT molecular complexity index is 653. The molecule has 0 spiro atoms. The van der Waals surface area contributed by atoms with E-state index in [1.54, 1.807) is 0 Å². The summed E-state index contributed by atoms with van der Waals surface area (Å²) >= 11 is 1.89. The lowest BCUT2D eigenvalue weighted by atomic mass is 9.73. The Labute approximate surface area is 148 Å². The van der Waals surface area contributed by atoms with Gasteiger partial charge in [0, 0.05) is 49.2 Å². The number of aromatic nitrogens is 2. The van der Waals surface area contributed by atoms with Gasteiger partial charge in [-0.3, -0.25) is 9.67 Å². The molecule has 1 fully saturated rings. The van der Waals surface area contributed by atoms with E-state index in [0.29, 0.717) is 0 Å². The normalized spacial score (nSPS) is 17.7. The van der Waals surface area contributed by atoms with Crippen LogP contribution in [0.25, 0.3) is 0 Å². The topological polar surface area (TPSA) is 54.2 Å². The Hall–Kier alpha value is -1.82. The Morgan fingerprint density at radius 1 is 1.33 bits per heavy atom. The number of aryl methyl sites for hydroxylation is 1. The number of nitrogens with one attached hydrogen (secondary N) is 2. The van der Waals surface area contributed by atoms with Crippen molar-refractivity contribution >= 4 is 17.3 Å². The van der Waals surface area contributed by atoms with Gasteiger partial charge < -0.3 is 10.6 Å². The summed E-state index contributed by atoms with van der Waals surface area (Å²) in [6.07, 6.45) is 10.4. The molecule has 1 aliphatic rings. The van der Waals surface area contributed by atoms with Gasteiger partial charge in [-0.2, -0.15) is 5.10 Å².